The van der Waals surface area contributed by atoms with Crippen LogP contribution in [0, 0.1) is 0 Å². The van der Waals surface area contributed by atoms with Gasteiger partial charge < -0.3 is 5.11 Å². The highest BCUT2D eigenvalue weighted by atomic mass is 35.5. The van der Waals surface area contributed by atoms with E-state index >= 15 is 0 Å². The van der Waals surface area contributed by atoms with Crippen LogP contribution in [-0.4, -0.2) is 11.1 Å². The van der Waals surface area contributed by atoms with Crippen molar-refractivity contribution in [2.45, 2.75) is 19.3 Å². The molecule has 3 heteroatoms. The highest BCUT2D eigenvalue weighted by Crippen LogP contribution is 2.24. The fourth-order valence-electron chi connectivity index (χ4n) is 1.02. The molecule has 0 bridgehead atoms. The van der Waals surface area contributed by atoms with Crippen LogP contribution in [0.25, 0.3) is 0 Å². The molecule has 1 rings (SSSR count). The van der Waals surface area contributed by atoms with Gasteiger partial charge in [0.25, 0.3) is 0 Å². The molecule has 11 heavy (non-hydrogen) atoms. The van der Waals surface area contributed by atoms with Crippen LogP contribution < -0.4 is 0 Å². The van der Waals surface area contributed by atoms with E-state index < -0.39 is 5.97 Å². The Bertz CT molecular complexity index is 228. The summed E-state index contributed by atoms with van der Waals surface area (Å²) in [6, 6.07) is 0. The lowest BCUT2D eigenvalue weighted by molar-refractivity contribution is -0.136. The molecule has 0 atom stereocenters. The number of rotatable bonds is 2. The van der Waals surface area contributed by atoms with E-state index in [1.165, 1.54) is 0 Å². The van der Waals surface area contributed by atoms with Crippen molar-refractivity contribution in [3.63, 3.8) is 0 Å². The second-order valence-electron chi connectivity index (χ2n) is 2.43. The van der Waals surface area contributed by atoms with Crippen LogP contribution in [0.4, 0.5) is 0 Å². The predicted molar refractivity (Wildman–Crippen MR) is 43.5 cm³/mol. The molecule has 0 fully saturated rings. The molecule has 1 N–H and O–H groups in total. The van der Waals surface area contributed by atoms with E-state index in [0.717, 1.165) is 18.4 Å². The van der Waals surface area contributed by atoms with Crippen molar-refractivity contribution in [2.75, 3.05) is 0 Å². The Balaban J connectivity index is 2.63. The fraction of sp³-hybridized carbons (Fsp3) is 0.375. The average molecular weight is 173 g/mol. The third kappa shape index (κ3) is 2.39. The smallest absolute Gasteiger partial charge is 0.307 e. The molecule has 0 saturated heterocycles. The Kier molecular flexibility index (Phi) is 2.71. The maximum Gasteiger partial charge on any atom is 0.307 e. The molecular weight excluding hydrogens is 164 g/mol. The fourth-order valence-corrected chi connectivity index (χ4v) is 1.27. The zero-order chi connectivity index (χ0) is 8.27. The molecule has 0 aliphatic heterocycles. The van der Waals surface area contributed by atoms with Crippen molar-refractivity contribution < 1.29 is 9.90 Å². The van der Waals surface area contributed by atoms with Crippen molar-refractivity contribution in [3.8, 4) is 0 Å². The van der Waals surface area contributed by atoms with Crippen LogP contribution in [-0.2, 0) is 4.79 Å². The third-order valence-electron chi connectivity index (χ3n) is 1.53. The molecule has 0 aromatic heterocycles. The van der Waals surface area contributed by atoms with Gasteiger partial charge in [-0.3, -0.25) is 4.79 Å². The van der Waals surface area contributed by atoms with Gasteiger partial charge in [0.2, 0.25) is 0 Å². The van der Waals surface area contributed by atoms with Crippen LogP contribution >= 0.6 is 11.6 Å². The summed E-state index contributed by atoms with van der Waals surface area (Å²) in [4.78, 5) is 10.3. The first-order valence-electron chi connectivity index (χ1n) is 3.47. The molecule has 0 aromatic carbocycles. The number of hydrogen-bond donors (Lipinski definition) is 1. The van der Waals surface area contributed by atoms with Crippen molar-refractivity contribution >= 4 is 17.6 Å². The van der Waals surface area contributed by atoms with Gasteiger partial charge in [0.1, 0.15) is 0 Å². The highest BCUT2D eigenvalue weighted by Gasteiger charge is 2.09. The largest absolute Gasteiger partial charge is 0.481 e. The number of aliphatic carboxylic acids is 1. The summed E-state index contributed by atoms with van der Waals surface area (Å²) in [6.45, 7) is 0. The van der Waals surface area contributed by atoms with E-state index in [1.54, 1.807) is 0 Å². The maximum absolute atomic E-state index is 10.3. The average Bonchev–Trinajstić information content (AvgIpc) is 1.93. The number of hydrogen-bond acceptors (Lipinski definition) is 1. The topological polar surface area (TPSA) is 37.3 Å². The molecule has 0 radical (unpaired) electrons. The second-order valence-corrected chi connectivity index (χ2v) is 2.84. The maximum atomic E-state index is 10.3. The minimum atomic E-state index is -0.829. The van der Waals surface area contributed by atoms with Gasteiger partial charge in [0.15, 0.2) is 0 Å². The summed E-state index contributed by atoms with van der Waals surface area (Å²) in [5.41, 5.74) is 0.741. The van der Waals surface area contributed by atoms with Crippen molar-refractivity contribution in [1.82, 2.24) is 0 Å². The van der Waals surface area contributed by atoms with Gasteiger partial charge in [0.05, 0.1) is 6.42 Å². The number of carboxylic acid groups (broad SMARTS) is 1. The van der Waals surface area contributed by atoms with E-state index in [-0.39, 0.29) is 6.42 Å². The summed E-state index contributed by atoms with van der Waals surface area (Å²) in [5.74, 6) is -0.829. The van der Waals surface area contributed by atoms with E-state index in [4.69, 9.17) is 16.7 Å². The van der Waals surface area contributed by atoms with Crippen LogP contribution in [0.1, 0.15) is 19.3 Å². The molecule has 0 saturated carbocycles. The Morgan fingerprint density at radius 1 is 1.55 bits per heavy atom. The molecule has 2 nitrogen and oxygen atoms in total. The van der Waals surface area contributed by atoms with E-state index in [2.05, 4.69) is 0 Å². The van der Waals surface area contributed by atoms with E-state index in [1.807, 2.05) is 12.2 Å². The van der Waals surface area contributed by atoms with Crippen LogP contribution in [0.5, 0.6) is 0 Å². The zero-order valence-electron chi connectivity index (χ0n) is 6.01. The van der Waals surface area contributed by atoms with Crippen molar-refractivity contribution in [3.05, 3.63) is 22.8 Å². The quantitative estimate of drug-likeness (QED) is 0.694. The highest BCUT2D eigenvalue weighted by molar-refractivity contribution is 6.32. The molecule has 1 aliphatic carbocycles. The van der Waals surface area contributed by atoms with Gasteiger partial charge in [0, 0.05) is 5.03 Å². The molecule has 0 aromatic rings. The lowest BCUT2D eigenvalue weighted by atomic mass is 10.0. The van der Waals surface area contributed by atoms with E-state index in [0.29, 0.717) is 5.03 Å². The molecule has 0 unspecified atom stereocenters. The van der Waals surface area contributed by atoms with Crippen LogP contribution in [0.2, 0.25) is 0 Å². The van der Waals surface area contributed by atoms with Gasteiger partial charge in [-0.05, 0) is 18.4 Å². The standard InChI is InChI=1S/C8H9ClO2/c9-7-4-2-1-3-6(7)5-8(10)11/h3-4H,1-2,5H2,(H,10,11). The van der Waals surface area contributed by atoms with Gasteiger partial charge >= 0.3 is 5.97 Å². The van der Waals surface area contributed by atoms with Gasteiger partial charge in [-0.15, -0.1) is 0 Å². The lowest BCUT2D eigenvalue weighted by Crippen LogP contribution is -1.99. The van der Waals surface area contributed by atoms with Crippen molar-refractivity contribution in [1.29, 1.82) is 0 Å². The molecule has 0 heterocycles. The molecule has 60 valence electrons. The van der Waals surface area contributed by atoms with Gasteiger partial charge in [-0.2, -0.15) is 0 Å². The Hall–Kier alpha value is -0.760. The number of carboxylic acids is 1. The third-order valence-corrected chi connectivity index (χ3v) is 1.93. The summed E-state index contributed by atoms with van der Waals surface area (Å²) in [7, 11) is 0. The zero-order valence-corrected chi connectivity index (χ0v) is 6.77. The first kappa shape index (κ1) is 8.34. The SMILES string of the molecule is O=C(O)CC1=CCCC=C1Cl. The van der Waals surface area contributed by atoms with Gasteiger partial charge in [-0.1, -0.05) is 23.8 Å². The lowest BCUT2D eigenvalue weighted by Gasteiger charge is -2.07. The minimum Gasteiger partial charge on any atom is -0.481 e. The molecule has 1 aliphatic rings. The minimum absolute atomic E-state index is 0.0370. The summed E-state index contributed by atoms with van der Waals surface area (Å²) in [5, 5.41) is 9.05. The Labute approximate surface area is 70.2 Å². The van der Waals surface area contributed by atoms with Crippen LogP contribution in [0.3, 0.4) is 0 Å². The predicted octanol–water partition coefficient (Wildman–Crippen LogP) is 2.30. The van der Waals surface area contributed by atoms with E-state index in [9.17, 15) is 4.79 Å². The molecule has 0 spiro atoms. The van der Waals surface area contributed by atoms with Gasteiger partial charge in [-0.25, -0.2) is 0 Å². The normalized spacial score (nSPS) is 17.2. The summed E-state index contributed by atoms with van der Waals surface area (Å²) < 4.78 is 0. The Morgan fingerprint density at radius 3 is 2.73 bits per heavy atom. The monoisotopic (exact) mass is 172 g/mol. The molecular formula is C8H9ClO2. The first-order valence-corrected chi connectivity index (χ1v) is 3.85. The number of halogens is 1. The van der Waals surface area contributed by atoms with Crippen molar-refractivity contribution in [2.24, 2.45) is 0 Å². The Morgan fingerprint density at radius 2 is 2.18 bits per heavy atom. The number of carbonyl (C=O) groups is 1. The molecule has 0 amide bonds. The van der Waals surface area contributed by atoms with Crippen LogP contribution in [0.15, 0.2) is 22.8 Å². The number of allylic oxidation sites excluding steroid dienone is 3. The summed E-state index contributed by atoms with van der Waals surface area (Å²) >= 11 is 5.76. The first-order chi connectivity index (χ1) is 5.20. The summed E-state index contributed by atoms with van der Waals surface area (Å²) in [6.07, 6.45) is 5.60. The second kappa shape index (κ2) is 3.58.